The van der Waals surface area contributed by atoms with Crippen molar-refractivity contribution in [2.45, 2.75) is 13.5 Å². The molecule has 1 amide bonds. The lowest BCUT2D eigenvalue weighted by Crippen LogP contribution is -2.18. The molecule has 3 rings (SSSR count). The second-order valence-electron chi connectivity index (χ2n) is 4.40. The van der Waals surface area contributed by atoms with E-state index in [4.69, 9.17) is 4.74 Å². The maximum absolute atomic E-state index is 12.2. The van der Waals surface area contributed by atoms with E-state index in [0.29, 0.717) is 17.9 Å². The maximum atomic E-state index is 12.2. The lowest BCUT2D eigenvalue weighted by molar-refractivity contribution is 0.102. The van der Waals surface area contributed by atoms with Crippen LogP contribution in [0.2, 0.25) is 0 Å². The Morgan fingerprint density at radius 3 is 2.89 bits per heavy atom. The minimum Gasteiger partial charge on any atom is -0.487 e. The summed E-state index contributed by atoms with van der Waals surface area (Å²) in [6.45, 7) is 2.40. The molecule has 90 valence electrons. The third kappa shape index (κ3) is 1.84. The van der Waals surface area contributed by atoms with E-state index in [0.717, 1.165) is 16.8 Å². The first-order valence-electron chi connectivity index (χ1n) is 5.87. The minimum atomic E-state index is -0.0826. The summed E-state index contributed by atoms with van der Waals surface area (Å²) < 4.78 is 5.74. The number of carbonyl (C=O) groups excluding carboxylic acids is 1. The van der Waals surface area contributed by atoms with E-state index in [-0.39, 0.29) is 5.91 Å². The molecule has 0 atom stereocenters. The molecule has 0 saturated carbocycles. The van der Waals surface area contributed by atoms with Gasteiger partial charge in [0.25, 0.3) is 5.91 Å². The van der Waals surface area contributed by atoms with Crippen molar-refractivity contribution in [3.63, 3.8) is 0 Å². The highest BCUT2D eigenvalue weighted by Crippen LogP contribution is 2.29. The largest absolute Gasteiger partial charge is 0.487 e. The Morgan fingerprint density at radius 1 is 1.17 bits per heavy atom. The van der Waals surface area contributed by atoms with Crippen molar-refractivity contribution < 1.29 is 9.53 Å². The number of aryl methyl sites for hydroxylation is 1. The molecule has 1 aliphatic rings. The van der Waals surface area contributed by atoms with Crippen LogP contribution < -0.4 is 10.1 Å². The quantitative estimate of drug-likeness (QED) is 0.767. The van der Waals surface area contributed by atoms with Gasteiger partial charge in [0, 0.05) is 11.1 Å². The van der Waals surface area contributed by atoms with Gasteiger partial charge in [-0.3, -0.25) is 4.79 Å². The summed E-state index contributed by atoms with van der Waals surface area (Å²) in [4.78, 5) is 12.2. The normalized spacial score (nSPS) is 13.5. The summed E-state index contributed by atoms with van der Waals surface area (Å²) in [6.07, 6.45) is 0. The number of fused-ring (bicyclic) bond motifs is 2. The van der Waals surface area contributed by atoms with Crippen LogP contribution in [-0.4, -0.2) is 5.91 Å². The number of anilines is 1. The molecule has 0 fully saturated rings. The number of benzene rings is 2. The molecule has 1 aliphatic heterocycles. The molecular weight excluding hydrogens is 226 g/mol. The topological polar surface area (TPSA) is 38.3 Å². The van der Waals surface area contributed by atoms with Gasteiger partial charge in [-0.05, 0) is 30.7 Å². The second kappa shape index (κ2) is 4.18. The average molecular weight is 239 g/mol. The Morgan fingerprint density at radius 2 is 2.00 bits per heavy atom. The van der Waals surface area contributed by atoms with E-state index in [1.54, 1.807) is 0 Å². The molecule has 0 saturated heterocycles. The van der Waals surface area contributed by atoms with Crippen molar-refractivity contribution in [2.75, 3.05) is 5.32 Å². The van der Waals surface area contributed by atoms with Gasteiger partial charge in [0.05, 0.1) is 5.69 Å². The first kappa shape index (κ1) is 10.8. The number of ether oxygens (including phenoxy) is 1. The van der Waals surface area contributed by atoms with Crippen LogP contribution in [0.1, 0.15) is 21.5 Å². The fourth-order valence-electron chi connectivity index (χ4n) is 2.08. The monoisotopic (exact) mass is 239 g/mol. The highest BCUT2D eigenvalue weighted by molar-refractivity contribution is 6.06. The van der Waals surface area contributed by atoms with Gasteiger partial charge in [0.15, 0.2) is 0 Å². The molecule has 2 aromatic carbocycles. The summed E-state index contributed by atoms with van der Waals surface area (Å²) in [7, 11) is 0. The van der Waals surface area contributed by atoms with Crippen LogP contribution in [-0.2, 0) is 6.61 Å². The first-order valence-corrected chi connectivity index (χ1v) is 5.87. The predicted molar refractivity (Wildman–Crippen MR) is 69.9 cm³/mol. The highest BCUT2D eigenvalue weighted by Gasteiger charge is 2.17. The zero-order valence-corrected chi connectivity index (χ0v) is 10.1. The van der Waals surface area contributed by atoms with Gasteiger partial charge in [-0.1, -0.05) is 24.3 Å². The molecule has 18 heavy (non-hydrogen) atoms. The Bertz CT molecular complexity index is 620. The Labute approximate surface area is 105 Å². The van der Waals surface area contributed by atoms with Crippen LogP contribution in [0.25, 0.3) is 0 Å². The van der Waals surface area contributed by atoms with Crippen LogP contribution in [0.5, 0.6) is 5.75 Å². The van der Waals surface area contributed by atoms with Crippen molar-refractivity contribution in [2.24, 2.45) is 0 Å². The van der Waals surface area contributed by atoms with E-state index in [2.05, 4.69) is 5.32 Å². The Balaban J connectivity index is 2.06. The van der Waals surface area contributed by atoms with Crippen LogP contribution in [0.3, 0.4) is 0 Å². The van der Waals surface area contributed by atoms with Crippen LogP contribution in [0.4, 0.5) is 5.69 Å². The molecule has 0 aromatic heterocycles. The maximum Gasteiger partial charge on any atom is 0.256 e. The molecule has 3 heteroatoms. The Kier molecular flexibility index (Phi) is 2.52. The summed E-state index contributed by atoms with van der Waals surface area (Å²) in [6, 6.07) is 13.3. The van der Waals surface area contributed by atoms with Gasteiger partial charge >= 0.3 is 0 Å². The lowest BCUT2D eigenvalue weighted by atomic mass is 10.1. The van der Waals surface area contributed by atoms with Crippen molar-refractivity contribution in [1.82, 2.24) is 0 Å². The summed E-state index contributed by atoms with van der Waals surface area (Å²) in [5.74, 6) is 0.629. The Hall–Kier alpha value is -2.29. The number of nitrogens with one attached hydrogen (secondary N) is 1. The van der Waals surface area contributed by atoms with E-state index in [1.807, 2.05) is 49.4 Å². The summed E-state index contributed by atoms with van der Waals surface area (Å²) >= 11 is 0. The van der Waals surface area contributed by atoms with Gasteiger partial charge in [-0.2, -0.15) is 0 Å². The van der Waals surface area contributed by atoms with Gasteiger partial charge in [0.2, 0.25) is 0 Å². The van der Waals surface area contributed by atoms with Crippen LogP contribution in [0, 0.1) is 6.92 Å². The molecule has 1 N–H and O–H groups in total. The standard InChI is InChI=1S/C15H13NO2/c1-10-6-7-14-13(8-10)16-15(17)12-5-3-2-4-11(12)9-18-14/h2-8H,9H2,1H3,(H,16,17). The first-order chi connectivity index (χ1) is 8.74. The van der Waals surface area contributed by atoms with Gasteiger partial charge in [-0.15, -0.1) is 0 Å². The van der Waals surface area contributed by atoms with Gasteiger partial charge in [0.1, 0.15) is 12.4 Å². The van der Waals surface area contributed by atoms with Crippen LogP contribution in [0.15, 0.2) is 42.5 Å². The summed E-state index contributed by atoms with van der Waals surface area (Å²) in [5.41, 5.74) is 3.40. The fourth-order valence-corrected chi connectivity index (χ4v) is 2.08. The van der Waals surface area contributed by atoms with E-state index < -0.39 is 0 Å². The number of carbonyl (C=O) groups is 1. The molecule has 0 aliphatic carbocycles. The second-order valence-corrected chi connectivity index (χ2v) is 4.40. The number of hydrogen-bond acceptors (Lipinski definition) is 2. The zero-order valence-electron chi connectivity index (χ0n) is 10.1. The zero-order chi connectivity index (χ0) is 12.5. The van der Waals surface area contributed by atoms with E-state index >= 15 is 0 Å². The third-order valence-electron chi connectivity index (χ3n) is 3.03. The molecule has 0 spiro atoms. The van der Waals surface area contributed by atoms with Gasteiger partial charge in [-0.25, -0.2) is 0 Å². The predicted octanol–water partition coefficient (Wildman–Crippen LogP) is 3.14. The molecule has 0 unspecified atom stereocenters. The SMILES string of the molecule is Cc1ccc2c(c1)NC(=O)c1ccccc1CO2. The summed E-state index contributed by atoms with van der Waals surface area (Å²) in [5, 5.41) is 2.90. The molecule has 2 aromatic rings. The molecule has 0 radical (unpaired) electrons. The lowest BCUT2D eigenvalue weighted by Gasteiger charge is -2.18. The van der Waals surface area contributed by atoms with E-state index in [1.165, 1.54) is 0 Å². The number of rotatable bonds is 0. The highest BCUT2D eigenvalue weighted by atomic mass is 16.5. The molecule has 3 nitrogen and oxygen atoms in total. The average Bonchev–Trinajstić information content (AvgIpc) is 2.36. The fraction of sp³-hybridized carbons (Fsp3) is 0.133. The third-order valence-corrected chi connectivity index (χ3v) is 3.03. The molecule has 1 heterocycles. The number of hydrogen-bond donors (Lipinski definition) is 1. The smallest absolute Gasteiger partial charge is 0.256 e. The van der Waals surface area contributed by atoms with Gasteiger partial charge < -0.3 is 10.1 Å². The number of amides is 1. The van der Waals surface area contributed by atoms with Crippen molar-refractivity contribution in [3.8, 4) is 5.75 Å². The minimum absolute atomic E-state index is 0.0826. The van der Waals surface area contributed by atoms with E-state index in [9.17, 15) is 4.79 Å². The molecule has 0 bridgehead atoms. The van der Waals surface area contributed by atoms with Crippen LogP contribution >= 0.6 is 0 Å². The van der Waals surface area contributed by atoms with Crippen molar-refractivity contribution >= 4 is 11.6 Å². The van der Waals surface area contributed by atoms with Crippen molar-refractivity contribution in [3.05, 3.63) is 59.2 Å². The molecular formula is C15H13NO2. The van der Waals surface area contributed by atoms with Crippen molar-refractivity contribution in [1.29, 1.82) is 0 Å².